The quantitative estimate of drug-likeness (QED) is 0.444. The van der Waals surface area contributed by atoms with Gasteiger partial charge in [0.25, 0.3) is 0 Å². The minimum atomic E-state index is 0.655. The Labute approximate surface area is 90.9 Å². The summed E-state index contributed by atoms with van der Waals surface area (Å²) >= 11 is 0. The van der Waals surface area contributed by atoms with Crippen LogP contribution in [0.4, 0.5) is 0 Å². The fourth-order valence-corrected chi connectivity index (χ4v) is 2.13. The van der Waals surface area contributed by atoms with Crippen LogP contribution in [0.2, 0.25) is 0 Å². The van der Waals surface area contributed by atoms with Gasteiger partial charge in [0.2, 0.25) is 0 Å². The van der Waals surface area contributed by atoms with Crippen LogP contribution in [0.3, 0.4) is 0 Å². The van der Waals surface area contributed by atoms with E-state index in [2.05, 4.69) is 11.1 Å². The molecule has 0 saturated heterocycles. The van der Waals surface area contributed by atoms with Crippen molar-refractivity contribution >= 4 is 28.0 Å². The smallest absolute Gasteiger partial charge is 0.307 e. The third kappa shape index (κ3) is 0.852. The zero-order chi connectivity index (χ0) is 10.5. The summed E-state index contributed by atoms with van der Waals surface area (Å²) in [6, 6.07) is 16.0. The summed E-state index contributed by atoms with van der Waals surface area (Å²) in [7, 11) is 0. The highest BCUT2D eigenvalue weighted by Gasteiger charge is 2.10. The standard InChI is InChI=1S/C13H8N2O/c1-2-6-10-9(5-1)14-13-15(10)11-7-3-4-8-12(11)16-13/h1-8H. The van der Waals surface area contributed by atoms with Crippen molar-refractivity contribution in [2.75, 3.05) is 0 Å². The fraction of sp³-hybridized carbons (Fsp3) is 0. The minimum absolute atomic E-state index is 0.655. The van der Waals surface area contributed by atoms with E-state index in [1.165, 1.54) is 0 Å². The topological polar surface area (TPSA) is 30.4 Å². The van der Waals surface area contributed by atoms with Crippen molar-refractivity contribution in [2.24, 2.45) is 0 Å². The Morgan fingerprint density at radius 3 is 2.56 bits per heavy atom. The molecule has 16 heavy (non-hydrogen) atoms. The number of hydrogen-bond acceptors (Lipinski definition) is 2. The van der Waals surface area contributed by atoms with Crippen LogP contribution in [0.5, 0.6) is 0 Å². The third-order valence-corrected chi connectivity index (χ3v) is 2.84. The number of oxazole rings is 1. The minimum Gasteiger partial charge on any atom is -0.423 e. The average molecular weight is 208 g/mol. The molecule has 0 radical (unpaired) electrons. The number of benzene rings is 2. The Morgan fingerprint density at radius 1 is 0.875 bits per heavy atom. The highest BCUT2D eigenvalue weighted by molar-refractivity contribution is 5.87. The van der Waals surface area contributed by atoms with Crippen LogP contribution in [0, 0.1) is 0 Å². The molecule has 0 saturated carbocycles. The van der Waals surface area contributed by atoms with E-state index in [1.807, 2.05) is 46.9 Å². The van der Waals surface area contributed by atoms with Gasteiger partial charge in [0.05, 0.1) is 16.6 Å². The van der Waals surface area contributed by atoms with Gasteiger partial charge in [-0.1, -0.05) is 24.3 Å². The predicted molar refractivity (Wildman–Crippen MR) is 62.5 cm³/mol. The van der Waals surface area contributed by atoms with Crippen LogP contribution in [-0.2, 0) is 0 Å². The largest absolute Gasteiger partial charge is 0.423 e. The molecule has 0 spiro atoms. The van der Waals surface area contributed by atoms with Crippen molar-refractivity contribution in [3.05, 3.63) is 48.5 Å². The van der Waals surface area contributed by atoms with Gasteiger partial charge in [0.1, 0.15) is 0 Å². The number of rotatable bonds is 0. The summed E-state index contributed by atoms with van der Waals surface area (Å²) in [4.78, 5) is 4.45. The van der Waals surface area contributed by atoms with E-state index in [1.54, 1.807) is 0 Å². The van der Waals surface area contributed by atoms with Crippen LogP contribution >= 0.6 is 0 Å². The second-order valence-corrected chi connectivity index (χ2v) is 3.79. The highest BCUT2D eigenvalue weighted by atomic mass is 16.4. The third-order valence-electron chi connectivity index (χ3n) is 2.84. The first kappa shape index (κ1) is 7.93. The number of aromatic nitrogens is 2. The maximum absolute atomic E-state index is 5.69. The molecule has 0 N–H and O–H groups in total. The van der Waals surface area contributed by atoms with Gasteiger partial charge < -0.3 is 4.42 Å². The molecular formula is C13H8N2O. The van der Waals surface area contributed by atoms with Gasteiger partial charge in [-0.15, -0.1) is 0 Å². The molecule has 0 bridgehead atoms. The van der Waals surface area contributed by atoms with Crippen LogP contribution in [-0.4, -0.2) is 9.38 Å². The Hall–Kier alpha value is -2.29. The van der Waals surface area contributed by atoms with Gasteiger partial charge in [-0.2, -0.15) is 4.98 Å². The summed E-state index contributed by atoms with van der Waals surface area (Å²) in [6.45, 7) is 0. The summed E-state index contributed by atoms with van der Waals surface area (Å²) in [5.41, 5.74) is 3.98. The molecular weight excluding hydrogens is 200 g/mol. The molecule has 0 atom stereocenters. The van der Waals surface area contributed by atoms with Gasteiger partial charge in [-0.05, 0) is 24.3 Å². The lowest BCUT2D eigenvalue weighted by atomic mass is 10.3. The molecule has 0 aliphatic carbocycles. The van der Waals surface area contributed by atoms with E-state index in [9.17, 15) is 0 Å². The zero-order valence-electron chi connectivity index (χ0n) is 8.42. The molecule has 4 aromatic rings. The summed E-state index contributed by atoms with van der Waals surface area (Å²) in [6.07, 6.45) is 0. The lowest BCUT2D eigenvalue weighted by Crippen LogP contribution is -1.78. The lowest BCUT2D eigenvalue weighted by Gasteiger charge is -1.91. The van der Waals surface area contributed by atoms with Crippen molar-refractivity contribution in [3.63, 3.8) is 0 Å². The molecule has 3 heteroatoms. The molecule has 0 fully saturated rings. The Balaban J connectivity index is 2.38. The normalized spacial score (nSPS) is 11.8. The summed E-state index contributed by atoms with van der Waals surface area (Å²) in [5, 5.41) is 0. The number of fused-ring (bicyclic) bond motifs is 5. The number of para-hydroxylation sites is 4. The second kappa shape index (κ2) is 2.64. The maximum Gasteiger partial charge on any atom is 0.307 e. The Kier molecular flexibility index (Phi) is 1.31. The van der Waals surface area contributed by atoms with Gasteiger partial charge in [0, 0.05) is 0 Å². The van der Waals surface area contributed by atoms with E-state index in [-0.39, 0.29) is 0 Å². The number of imidazole rings is 1. The molecule has 0 aliphatic heterocycles. The van der Waals surface area contributed by atoms with Crippen LogP contribution in [0.25, 0.3) is 28.0 Å². The van der Waals surface area contributed by atoms with Gasteiger partial charge >= 0.3 is 5.84 Å². The number of hydrogen-bond donors (Lipinski definition) is 0. The highest BCUT2D eigenvalue weighted by Crippen LogP contribution is 2.24. The van der Waals surface area contributed by atoms with E-state index in [4.69, 9.17) is 4.42 Å². The monoisotopic (exact) mass is 208 g/mol. The van der Waals surface area contributed by atoms with E-state index >= 15 is 0 Å². The van der Waals surface area contributed by atoms with Crippen molar-refractivity contribution in [1.82, 2.24) is 9.38 Å². The second-order valence-electron chi connectivity index (χ2n) is 3.79. The molecule has 0 unspecified atom stereocenters. The molecule has 0 aliphatic rings. The van der Waals surface area contributed by atoms with Gasteiger partial charge in [-0.3, -0.25) is 4.40 Å². The maximum atomic E-state index is 5.69. The molecule has 2 heterocycles. The Morgan fingerprint density at radius 2 is 1.62 bits per heavy atom. The molecule has 76 valence electrons. The molecule has 3 nitrogen and oxygen atoms in total. The lowest BCUT2D eigenvalue weighted by molar-refractivity contribution is 0.643. The molecule has 2 aromatic carbocycles. The SMILES string of the molecule is c1ccc2c(c1)nc1oc3ccccc3n12. The first-order chi connectivity index (χ1) is 7.93. The predicted octanol–water partition coefficient (Wildman–Crippen LogP) is 3.23. The van der Waals surface area contributed by atoms with Crippen molar-refractivity contribution in [2.45, 2.75) is 0 Å². The van der Waals surface area contributed by atoms with Crippen LogP contribution in [0.1, 0.15) is 0 Å². The van der Waals surface area contributed by atoms with Gasteiger partial charge in [0.15, 0.2) is 5.58 Å². The zero-order valence-corrected chi connectivity index (χ0v) is 8.42. The van der Waals surface area contributed by atoms with Gasteiger partial charge in [-0.25, -0.2) is 0 Å². The fourth-order valence-electron chi connectivity index (χ4n) is 2.13. The van der Waals surface area contributed by atoms with E-state index < -0.39 is 0 Å². The van der Waals surface area contributed by atoms with Crippen molar-refractivity contribution in [1.29, 1.82) is 0 Å². The van der Waals surface area contributed by atoms with Crippen LogP contribution in [0.15, 0.2) is 52.9 Å². The van der Waals surface area contributed by atoms with Crippen molar-refractivity contribution < 1.29 is 4.42 Å². The summed E-state index contributed by atoms with van der Waals surface area (Å²) < 4.78 is 7.74. The van der Waals surface area contributed by atoms with E-state index in [0.717, 1.165) is 22.1 Å². The van der Waals surface area contributed by atoms with E-state index in [0.29, 0.717) is 5.84 Å². The average Bonchev–Trinajstić information content (AvgIpc) is 2.83. The van der Waals surface area contributed by atoms with Crippen molar-refractivity contribution in [3.8, 4) is 0 Å². The summed E-state index contributed by atoms with van der Waals surface area (Å²) in [5.74, 6) is 0.655. The number of nitrogens with zero attached hydrogens (tertiary/aromatic N) is 2. The first-order valence-electron chi connectivity index (χ1n) is 5.18. The Bertz CT molecular complexity index is 745. The first-order valence-corrected chi connectivity index (χ1v) is 5.18. The molecule has 2 aromatic heterocycles. The van der Waals surface area contributed by atoms with Crippen LogP contribution < -0.4 is 0 Å². The molecule has 0 amide bonds. The molecule has 4 rings (SSSR count).